The number of carbonyl (C=O) groups excluding carboxylic acids is 1. The zero-order valence-electron chi connectivity index (χ0n) is 10.9. The van der Waals surface area contributed by atoms with E-state index in [1.807, 2.05) is 6.92 Å². The molecule has 0 radical (unpaired) electrons. The van der Waals surface area contributed by atoms with Gasteiger partial charge in [0.2, 0.25) is 10.0 Å². The molecule has 0 aromatic carbocycles. The van der Waals surface area contributed by atoms with Crippen LogP contribution in [0.2, 0.25) is 0 Å². The van der Waals surface area contributed by atoms with Crippen molar-refractivity contribution in [2.45, 2.75) is 45.2 Å². The maximum absolute atomic E-state index is 11.8. The van der Waals surface area contributed by atoms with Gasteiger partial charge in [0.15, 0.2) is 0 Å². The Bertz CT molecular complexity index is 369. The van der Waals surface area contributed by atoms with E-state index in [9.17, 15) is 13.2 Å². The van der Waals surface area contributed by atoms with Crippen molar-refractivity contribution >= 4 is 16.0 Å². The zero-order chi connectivity index (χ0) is 13.6. The Morgan fingerprint density at radius 2 is 2.22 bits per heavy atom. The maximum Gasteiger partial charge on any atom is 0.306 e. The van der Waals surface area contributed by atoms with Gasteiger partial charge in [0, 0.05) is 12.1 Å². The van der Waals surface area contributed by atoms with Gasteiger partial charge in [-0.05, 0) is 33.2 Å². The number of hydrogen-bond acceptors (Lipinski definition) is 5. The van der Waals surface area contributed by atoms with Crippen LogP contribution in [-0.2, 0) is 19.6 Å². The Hall–Kier alpha value is -0.660. The summed E-state index contributed by atoms with van der Waals surface area (Å²) < 4.78 is 31.0. The first-order chi connectivity index (χ1) is 8.44. The lowest BCUT2D eigenvalue weighted by molar-refractivity contribution is -0.142. The SMILES string of the molecule is CCOC(=O)CCS(=O)(=O)NC1CCCNC1C. The van der Waals surface area contributed by atoms with Gasteiger partial charge in [-0.2, -0.15) is 0 Å². The summed E-state index contributed by atoms with van der Waals surface area (Å²) in [4.78, 5) is 11.1. The molecule has 0 aromatic heterocycles. The van der Waals surface area contributed by atoms with Gasteiger partial charge >= 0.3 is 5.97 Å². The standard InChI is InChI=1S/C11H22N2O4S/c1-3-17-11(14)6-8-18(15,16)13-10-5-4-7-12-9(10)2/h9-10,12-13H,3-8H2,1-2H3. The van der Waals surface area contributed by atoms with Gasteiger partial charge in [-0.1, -0.05) is 0 Å². The van der Waals surface area contributed by atoms with Crippen molar-refractivity contribution in [2.24, 2.45) is 0 Å². The normalized spacial score (nSPS) is 24.8. The van der Waals surface area contributed by atoms with Crippen molar-refractivity contribution in [3.8, 4) is 0 Å². The average molecular weight is 278 g/mol. The van der Waals surface area contributed by atoms with Gasteiger partial charge in [0.25, 0.3) is 0 Å². The zero-order valence-corrected chi connectivity index (χ0v) is 11.8. The molecule has 1 aliphatic heterocycles. The topological polar surface area (TPSA) is 84.5 Å². The van der Waals surface area contributed by atoms with Gasteiger partial charge in [0.05, 0.1) is 18.8 Å². The third kappa shape index (κ3) is 5.32. The molecule has 1 fully saturated rings. The number of esters is 1. The summed E-state index contributed by atoms with van der Waals surface area (Å²) in [6.07, 6.45) is 1.68. The fourth-order valence-corrected chi connectivity index (χ4v) is 3.28. The lowest BCUT2D eigenvalue weighted by Gasteiger charge is -2.30. The van der Waals surface area contributed by atoms with Crippen LogP contribution in [0.5, 0.6) is 0 Å². The molecule has 0 bridgehead atoms. The molecule has 1 aliphatic rings. The molecule has 7 heteroatoms. The van der Waals surface area contributed by atoms with Gasteiger partial charge in [0.1, 0.15) is 0 Å². The van der Waals surface area contributed by atoms with E-state index in [4.69, 9.17) is 4.74 Å². The van der Waals surface area contributed by atoms with Crippen LogP contribution in [0.1, 0.15) is 33.1 Å². The third-order valence-electron chi connectivity index (χ3n) is 2.97. The van der Waals surface area contributed by atoms with Crippen molar-refractivity contribution in [3.05, 3.63) is 0 Å². The van der Waals surface area contributed by atoms with Crippen LogP contribution in [0, 0.1) is 0 Å². The van der Waals surface area contributed by atoms with Gasteiger partial charge in [-0.3, -0.25) is 4.79 Å². The number of nitrogens with one attached hydrogen (secondary N) is 2. The molecule has 106 valence electrons. The maximum atomic E-state index is 11.8. The second-order valence-corrected chi connectivity index (χ2v) is 6.36. The van der Waals surface area contributed by atoms with Gasteiger partial charge in [-0.15, -0.1) is 0 Å². The lowest BCUT2D eigenvalue weighted by Crippen LogP contribution is -2.52. The highest BCUT2D eigenvalue weighted by molar-refractivity contribution is 7.89. The predicted molar refractivity (Wildman–Crippen MR) is 68.7 cm³/mol. The number of rotatable bonds is 6. The first kappa shape index (κ1) is 15.4. The Morgan fingerprint density at radius 1 is 1.50 bits per heavy atom. The largest absolute Gasteiger partial charge is 0.466 e. The summed E-state index contributed by atoms with van der Waals surface area (Å²) in [5.74, 6) is -0.688. The van der Waals surface area contributed by atoms with E-state index in [0.29, 0.717) is 0 Å². The molecule has 0 amide bonds. The minimum atomic E-state index is -3.42. The highest BCUT2D eigenvalue weighted by Gasteiger charge is 2.25. The molecule has 0 saturated carbocycles. The molecule has 6 nitrogen and oxygen atoms in total. The molecule has 1 rings (SSSR count). The van der Waals surface area contributed by atoms with Gasteiger partial charge in [-0.25, -0.2) is 13.1 Å². The summed E-state index contributed by atoms with van der Waals surface area (Å²) in [6, 6.07) is 0.0297. The van der Waals surface area contributed by atoms with E-state index in [0.717, 1.165) is 19.4 Å². The average Bonchev–Trinajstić information content (AvgIpc) is 2.30. The summed E-state index contributed by atoms with van der Waals surface area (Å²) >= 11 is 0. The minimum Gasteiger partial charge on any atom is -0.466 e. The molecule has 2 unspecified atom stereocenters. The van der Waals surface area contributed by atoms with Crippen LogP contribution in [-0.4, -0.2) is 45.4 Å². The summed E-state index contributed by atoms with van der Waals surface area (Å²) in [7, 11) is -3.42. The highest BCUT2D eigenvalue weighted by Crippen LogP contribution is 2.09. The summed E-state index contributed by atoms with van der Waals surface area (Å²) in [5.41, 5.74) is 0. The minimum absolute atomic E-state index is 0.0917. The smallest absolute Gasteiger partial charge is 0.306 e. The quantitative estimate of drug-likeness (QED) is 0.668. The second kappa shape index (κ2) is 7.06. The molecular formula is C11H22N2O4S. The van der Waals surface area contributed by atoms with E-state index in [1.165, 1.54) is 0 Å². The molecule has 2 atom stereocenters. The molecule has 0 aliphatic carbocycles. The number of piperidine rings is 1. The number of ether oxygens (including phenoxy) is 1. The fourth-order valence-electron chi connectivity index (χ4n) is 1.95. The number of hydrogen-bond donors (Lipinski definition) is 2. The molecule has 0 aromatic rings. The second-order valence-electron chi connectivity index (χ2n) is 4.48. The van der Waals surface area contributed by atoms with E-state index in [2.05, 4.69) is 10.0 Å². The van der Waals surface area contributed by atoms with E-state index >= 15 is 0 Å². The fraction of sp³-hybridized carbons (Fsp3) is 0.909. The van der Waals surface area contributed by atoms with Crippen LogP contribution in [0.15, 0.2) is 0 Å². The predicted octanol–water partition coefficient (Wildman–Crippen LogP) is -0.000500. The van der Waals surface area contributed by atoms with Gasteiger partial charge < -0.3 is 10.1 Å². The van der Waals surface area contributed by atoms with Crippen molar-refractivity contribution in [2.75, 3.05) is 18.9 Å². The Morgan fingerprint density at radius 3 is 2.83 bits per heavy atom. The molecular weight excluding hydrogens is 256 g/mol. The van der Waals surface area contributed by atoms with Crippen LogP contribution in [0.3, 0.4) is 0 Å². The van der Waals surface area contributed by atoms with Crippen LogP contribution >= 0.6 is 0 Å². The molecule has 0 spiro atoms. The van der Waals surface area contributed by atoms with Crippen LogP contribution in [0.4, 0.5) is 0 Å². The van der Waals surface area contributed by atoms with E-state index in [1.54, 1.807) is 6.92 Å². The van der Waals surface area contributed by atoms with E-state index in [-0.39, 0.29) is 30.9 Å². The molecule has 18 heavy (non-hydrogen) atoms. The Balaban J connectivity index is 2.41. The van der Waals surface area contributed by atoms with Crippen molar-refractivity contribution in [1.29, 1.82) is 0 Å². The van der Waals surface area contributed by atoms with Crippen molar-refractivity contribution < 1.29 is 17.9 Å². The van der Waals surface area contributed by atoms with Crippen LogP contribution < -0.4 is 10.0 Å². The summed E-state index contributed by atoms with van der Waals surface area (Å²) in [6.45, 7) is 4.84. The third-order valence-corrected chi connectivity index (χ3v) is 4.38. The summed E-state index contributed by atoms with van der Waals surface area (Å²) in [5, 5.41) is 3.22. The number of sulfonamides is 1. The monoisotopic (exact) mass is 278 g/mol. The van der Waals surface area contributed by atoms with Crippen LogP contribution in [0.25, 0.3) is 0 Å². The lowest BCUT2D eigenvalue weighted by atomic mass is 10.0. The van der Waals surface area contributed by atoms with Crippen molar-refractivity contribution in [1.82, 2.24) is 10.0 Å². The molecule has 1 saturated heterocycles. The first-order valence-corrected chi connectivity index (χ1v) is 7.99. The van der Waals surface area contributed by atoms with E-state index < -0.39 is 16.0 Å². The van der Waals surface area contributed by atoms with Crippen molar-refractivity contribution in [3.63, 3.8) is 0 Å². The highest BCUT2D eigenvalue weighted by atomic mass is 32.2. The Labute approximate surface area is 109 Å². The first-order valence-electron chi connectivity index (χ1n) is 6.33. The Kier molecular flexibility index (Phi) is 6.04. The number of carbonyl (C=O) groups is 1. The molecule has 1 heterocycles. The molecule has 2 N–H and O–H groups in total.